The van der Waals surface area contributed by atoms with Crippen molar-refractivity contribution in [2.24, 2.45) is 0 Å². The third-order valence-corrected chi connectivity index (χ3v) is 8.91. The minimum absolute atomic E-state index is 0.0298. The molecule has 4 aromatic rings. The summed E-state index contributed by atoms with van der Waals surface area (Å²) >= 11 is 1.50. The van der Waals surface area contributed by atoms with Gasteiger partial charge in [-0.25, -0.2) is 4.98 Å². The van der Waals surface area contributed by atoms with Gasteiger partial charge in [0.15, 0.2) is 11.5 Å². The molecular formula is C31H31N3O4S. The molecule has 0 radical (unpaired) electrons. The number of nitrogens with zero attached hydrogens (tertiary/aromatic N) is 3. The van der Waals surface area contributed by atoms with Gasteiger partial charge < -0.3 is 24.0 Å². The summed E-state index contributed by atoms with van der Waals surface area (Å²) < 4.78 is 16.8. The van der Waals surface area contributed by atoms with Crippen LogP contribution in [0.15, 0.2) is 47.8 Å². The molecule has 0 unspecified atom stereocenters. The minimum Gasteiger partial charge on any atom is -0.454 e. The molecule has 0 spiro atoms. The van der Waals surface area contributed by atoms with Crippen molar-refractivity contribution in [1.29, 1.82) is 0 Å². The van der Waals surface area contributed by atoms with E-state index in [-0.39, 0.29) is 12.7 Å². The highest BCUT2D eigenvalue weighted by atomic mass is 32.1. The van der Waals surface area contributed by atoms with Crippen LogP contribution in [0.3, 0.4) is 0 Å². The number of aromatic nitrogens is 1. The molecular weight excluding hydrogens is 510 g/mol. The molecule has 200 valence electrons. The van der Waals surface area contributed by atoms with E-state index < -0.39 is 0 Å². The van der Waals surface area contributed by atoms with Crippen LogP contribution in [0.2, 0.25) is 0 Å². The largest absolute Gasteiger partial charge is 0.454 e. The highest BCUT2D eigenvalue weighted by Gasteiger charge is 2.25. The number of carbonyl (C=O) groups excluding carboxylic acids is 1. The van der Waals surface area contributed by atoms with Gasteiger partial charge in [0, 0.05) is 30.6 Å². The molecule has 2 aromatic carbocycles. The molecule has 0 bridgehead atoms. The predicted molar refractivity (Wildman–Crippen MR) is 152 cm³/mol. The van der Waals surface area contributed by atoms with Crippen molar-refractivity contribution < 1.29 is 19.0 Å². The Labute approximate surface area is 231 Å². The summed E-state index contributed by atoms with van der Waals surface area (Å²) in [4.78, 5) is 24.2. The number of pyridine rings is 1. The Kier molecular flexibility index (Phi) is 6.37. The summed E-state index contributed by atoms with van der Waals surface area (Å²) in [5, 5.41) is 3.13. The first kappa shape index (κ1) is 24.4. The first-order valence-electron chi connectivity index (χ1n) is 13.6. The number of fused-ring (bicyclic) bond motifs is 3. The van der Waals surface area contributed by atoms with Crippen LogP contribution in [0.1, 0.15) is 43.9 Å². The summed E-state index contributed by atoms with van der Waals surface area (Å²) in [5.74, 6) is 2.45. The molecule has 4 heterocycles. The lowest BCUT2D eigenvalue weighted by Gasteiger charge is -2.31. The number of anilines is 1. The van der Waals surface area contributed by atoms with Crippen molar-refractivity contribution in [3.8, 4) is 11.5 Å². The van der Waals surface area contributed by atoms with Gasteiger partial charge in [0.05, 0.1) is 30.2 Å². The first-order chi connectivity index (χ1) is 19.1. The van der Waals surface area contributed by atoms with Gasteiger partial charge in [0.25, 0.3) is 5.91 Å². The molecule has 3 aliphatic rings. The Balaban J connectivity index is 1.30. The molecule has 39 heavy (non-hydrogen) atoms. The lowest BCUT2D eigenvalue weighted by Crippen LogP contribution is -2.38. The molecule has 2 aliphatic heterocycles. The monoisotopic (exact) mass is 541 g/mol. The van der Waals surface area contributed by atoms with Crippen LogP contribution in [-0.2, 0) is 30.7 Å². The fraction of sp³-hybridized carbons (Fsp3) is 0.355. The van der Waals surface area contributed by atoms with Gasteiger partial charge in [-0.05, 0) is 90.2 Å². The Hall–Kier alpha value is -3.62. The highest BCUT2D eigenvalue weighted by molar-refractivity contribution is 7.12. The maximum Gasteiger partial charge on any atom is 0.264 e. The van der Waals surface area contributed by atoms with Crippen LogP contribution < -0.4 is 14.4 Å². The van der Waals surface area contributed by atoms with Crippen molar-refractivity contribution in [3.63, 3.8) is 0 Å². The molecule has 1 amide bonds. The number of hydrogen-bond acceptors (Lipinski definition) is 7. The Bertz CT molecular complexity index is 1560. The highest BCUT2D eigenvalue weighted by Crippen LogP contribution is 2.35. The minimum atomic E-state index is 0.0298. The zero-order valence-corrected chi connectivity index (χ0v) is 22.9. The molecule has 2 aromatic heterocycles. The average molecular weight is 542 g/mol. The van der Waals surface area contributed by atoms with E-state index in [2.05, 4.69) is 23.1 Å². The van der Waals surface area contributed by atoms with E-state index in [4.69, 9.17) is 19.2 Å². The van der Waals surface area contributed by atoms with E-state index in [1.807, 2.05) is 41.5 Å². The third-order valence-electron chi connectivity index (χ3n) is 7.91. The van der Waals surface area contributed by atoms with E-state index in [1.54, 1.807) is 0 Å². The number of benzene rings is 2. The first-order valence-corrected chi connectivity index (χ1v) is 14.5. The summed E-state index contributed by atoms with van der Waals surface area (Å²) in [6.07, 6.45) is 3.45. The number of morpholine rings is 1. The number of hydrogen-bond donors (Lipinski definition) is 0. The third kappa shape index (κ3) is 4.72. The lowest BCUT2D eigenvalue weighted by molar-refractivity contribution is 0.0733. The summed E-state index contributed by atoms with van der Waals surface area (Å²) in [6, 6.07) is 14.8. The molecule has 0 saturated carbocycles. The van der Waals surface area contributed by atoms with Crippen LogP contribution >= 0.6 is 11.3 Å². The standard InChI is InChI=1S/C31H31N3O4S/c1-20-7-12-39-29(20)31(35)34(17-21-5-6-27-28(13-21)38-19-37-27)18-25-15-24-14-22-3-2-4-23(22)16-26(24)32-30(25)33-8-10-36-11-9-33/h5-7,12-16H,2-4,8-11,17-19H2,1H3. The molecule has 0 atom stereocenters. The SMILES string of the molecule is Cc1ccsc1C(=O)N(Cc1ccc2c(c1)OCO2)Cc1cc2cc3c(cc2nc1N1CCOCC1)CCC3. The van der Waals surface area contributed by atoms with Gasteiger partial charge in [-0.2, -0.15) is 0 Å². The number of aryl methyl sites for hydroxylation is 3. The van der Waals surface area contributed by atoms with Crippen LogP contribution in [-0.4, -0.2) is 48.9 Å². The van der Waals surface area contributed by atoms with Gasteiger partial charge in [-0.1, -0.05) is 6.07 Å². The Morgan fingerprint density at radius 3 is 2.64 bits per heavy atom. The van der Waals surface area contributed by atoms with Crippen molar-refractivity contribution in [2.75, 3.05) is 38.0 Å². The quantitative estimate of drug-likeness (QED) is 0.321. The van der Waals surface area contributed by atoms with Crippen molar-refractivity contribution in [3.05, 3.63) is 80.5 Å². The predicted octanol–water partition coefficient (Wildman–Crippen LogP) is 5.50. The van der Waals surface area contributed by atoms with E-state index in [0.29, 0.717) is 26.3 Å². The summed E-state index contributed by atoms with van der Waals surface area (Å²) in [6.45, 7) is 6.07. The fourth-order valence-corrected chi connectivity index (χ4v) is 6.74. The lowest BCUT2D eigenvalue weighted by atomic mass is 10.0. The molecule has 1 saturated heterocycles. The maximum atomic E-state index is 14.0. The van der Waals surface area contributed by atoms with Crippen molar-refractivity contribution in [1.82, 2.24) is 9.88 Å². The van der Waals surface area contributed by atoms with Crippen molar-refractivity contribution in [2.45, 2.75) is 39.3 Å². The van der Waals surface area contributed by atoms with Gasteiger partial charge >= 0.3 is 0 Å². The van der Waals surface area contributed by atoms with Crippen LogP contribution in [0.25, 0.3) is 10.9 Å². The number of thiophene rings is 1. The molecule has 7 rings (SSSR count). The molecule has 1 fully saturated rings. The second kappa shape index (κ2) is 10.2. The van der Waals surface area contributed by atoms with E-state index in [9.17, 15) is 4.79 Å². The summed E-state index contributed by atoms with van der Waals surface area (Å²) in [5.41, 5.74) is 6.94. The number of rotatable bonds is 6. The van der Waals surface area contributed by atoms with Gasteiger partial charge in [0.2, 0.25) is 6.79 Å². The van der Waals surface area contributed by atoms with E-state index in [0.717, 1.165) is 75.7 Å². The van der Waals surface area contributed by atoms with Gasteiger partial charge in [-0.3, -0.25) is 4.79 Å². The van der Waals surface area contributed by atoms with Crippen LogP contribution in [0, 0.1) is 6.92 Å². The molecule has 1 aliphatic carbocycles. The second-order valence-electron chi connectivity index (χ2n) is 10.5. The van der Waals surface area contributed by atoms with Crippen molar-refractivity contribution >= 4 is 34.0 Å². The Morgan fingerprint density at radius 2 is 1.82 bits per heavy atom. The van der Waals surface area contributed by atoms with Crippen LogP contribution in [0.4, 0.5) is 5.82 Å². The number of carbonyl (C=O) groups is 1. The maximum absolute atomic E-state index is 14.0. The fourth-order valence-electron chi connectivity index (χ4n) is 5.85. The molecule has 7 nitrogen and oxygen atoms in total. The van der Waals surface area contributed by atoms with E-state index in [1.165, 1.54) is 28.9 Å². The normalized spacial score (nSPS) is 16.1. The molecule has 0 N–H and O–H groups in total. The number of ether oxygens (including phenoxy) is 3. The summed E-state index contributed by atoms with van der Waals surface area (Å²) in [7, 11) is 0. The van der Waals surface area contributed by atoms with Crippen LogP contribution in [0.5, 0.6) is 11.5 Å². The zero-order chi connectivity index (χ0) is 26.3. The van der Waals surface area contributed by atoms with Gasteiger partial charge in [0.1, 0.15) is 5.82 Å². The number of amides is 1. The second-order valence-corrected chi connectivity index (χ2v) is 11.4. The topological polar surface area (TPSA) is 64.1 Å². The van der Waals surface area contributed by atoms with Gasteiger partial charge in [-0.15, -0.1) is 11.3 Å². The average Bonchev–Trinajstić information content (AvgIpc) is 3.72. The van der Waals surface area contributed by atoms with E-state index >= 15 is 0 Å². The smallest absolute Gasteiger partial charge is 0.264 e. The molecule has 8 heteroatoms. The zero-order valence-electron chi connectivity index (χ0n) is 22.1. The Morgan fingerprint density at radius 1 is 1.00 bits per heavy atom.